The standard InChI is InChI=1S/C18H20N4O2/c1-22(2)12-14-7-4-3-6-13(14)11-19-18(23)16-10-15(20-21-16)17-8-5-9-24-17/h3-10H,11-12H2,1-2H3,(H,19,23)(H,20,21). The molecule has 1 amide bonds. The molecule has 0 aliphatic rings. The van der Waals surface area contributed by atoms with Gasteiger partial charge in [0.05, 0.1) is 6.26 Å². The first-order chi connectivity index (χ1) is 11.6. The highest BCUT2D eigenvalue weighted by atomic mass is 16.3. The van der Waals surface area contributed by atoms with E-state index in [0.717, 1.165) is 12.1 Å². The summed E-state index contributed by atoms with van der Waals surface area (Å²) in [4.78, 5) is 14.4. The first-order valence-electron chi connectivity index (χ1n) is 7.72. The van der Waals surface area contributed by atoms with Gasteiger partial charge < -0.3 is 14.6 Å². The van der Waals surface area contributed by atoms with E-state index in [4.69, 9.17) is 4.42 Å². The quantitative estimate of drug-likeness (QED) is 0.731. The zero-order chi connectivity index (χ0) is 16.9. The van der Waals surface area contributed by atoms with Gasteiger partial charge >= 0.3 is 0 Å². The number of H-pyrrole nitrogens is 1. The topological polar surface area (TPSA) is 74.2 Å². The molecule has 6 nitrogen and oxygen atoms in total. The van der Waals surface area contributed by atoms with Gasteiger partial charge in [-0.1, -0.05) is 24.3 Å². The number of aromatic nitrogens is 2. The maximum absolute atomic E-state index is 12.3. The fourth-order valence-electron chi connectivity index (χ4n) is 2.49. The first-order valence-corrected chi connectivity index (χ1v) is 7.72. The van der Waals surface area contributed by atoms with E-state index < -0.39 is 0 Å². The number of hydrogen-bond donors (Lipinski definition) is 2. The van der Waals surface area contributed by atoms with E-state index >= 15 is 0 Å². The van der Waals surface area contributed by atoms with E-state index in [0.29, 0.717) is 23.7 Å². The molecule has 3 aromatic rings. The highest BCUT2D eigenvalue weighted by Crippen LogP contribution is 2.18. The second-order valence-corrected chi connectivity index (χ2v) is 5.83. The molecule has 2 N–H and O–H groups in total. The van der Waals surface area contributed by atoms with Gasteiger partial charge in [-0.2, -0.15) is 5.10 Å². The van der Waals surface area contributed by atoms with E-state index in [2.05, 4.69) is 26.5 Å². The number of furan rings is 1. The third-order valence-electron chi connectivity index (χ3n) is 3.64. The molecule has 24 heavy (non-hydrogen) atoms. The second kappa shape index (κ2) is 7.14. The largest absolute Gasteiger partial charge is 0.463 e. The van der Waals surface area contributed by atoms with Gasteiger partial charge in [-0.05, 0) is 37.4 Å². The van der Waals surface area contributed by atoms with Gasteiger partial charge in [-0.3, -0.25) is 9.89 Å². The van der Waals surface area contributed by atoms with E-state index in [9.17, 15) is 4.79 Å². The predicted molar refractivity (Wildman–Crippen MR) is 91.3 cm³/mol. The molecule has 0 aliphatic heterocycles. The van der Waals surface area contributed by atoms with Crippen molar-refractivity contribution in [2.45, 2.75) is 13.1 Å². The number of carbonyl (C=O) groups is 1. The fraction of sp³-hybridized carbons (Fsp3) is 0.222. The Bertz CT molecular complexity index is 806. The van der Waals surface area contributed by atoms with Gasteiger partial charge in [0.25, 0.3) is 5.91 Å². The number of hydrogen-bond acceptors (Lipinski definition) is 4. The molecule has 2 heterocycles. The van der Waals surface area contributed by atoms with Crippen molar-refractivity contribution in [3.8, 4) is 11.5 Å². The van der Waals surface area contributed by atoms with E-state index in [-0.39, 0.29) is 5.91 Å². The Morgan fingerprint density at radius 3 is 2.71 bits per heavy atom. The molecule has 6 heteroatoms. The lowest BCUT2D eigenvalue weighted by molar-refractivity contribution is 0.0946. The smallest absolute Gasteiger partial charge is 0.272 e. The summed E-state index contributed by atoms with van der Waals surface area (Å²) in [5, 5.41) is 9.78. The summed E-state index contributed by atoms with van der Waals surface area (Å²) >= 11 is 0. The van der Waals surface area contributed by atoms with Gasteiger partial charge in [0.1, 0.15) is 5.69 Å². The van der Waals surface area contributed by atoms with Crippen molar-refractivity contribution in [1.29, 1.82) is 0 Å². The van der Waals surface area contributed by atoms with E-state index in [1.165, 1.54) is 5.56 Å². The van der Waals surface area contributed by atoms with Crippen LogP contribution < -0.4 is 5.32 Å². The lowest BCUT2D eigenvalue weighted by atomic mass is 10.1. The molecule has 3 rings (SSSR count). The van der Waals surface area contributed by atoms with Crippen LogP contribution in [0.4, 0.5) is 0 Å². The SMILES string of the molecule is CN(C)Cc1ccccc1CNC(=O)c1cc(-c2ccco2)[nH]n1. The van der Waals surface area contributed by atoms with Crippen molar-refractivity contribution in [1.82, 2.24) is 20.4 Å². The maximum Gasteiger partial charge on any atom is 0.272 e. The molecular formula is C18H20N4O2. The monoisotopic (exact) mass is 324 g/mol. The molecule has 0 saturated heterocycles. The van der Waals surface area contributed by atoms with Crippen LogP contribution in [-0.2, 0) is 13.1 Å². The van der Waals surface area contributed by atoms with Crippen LogP contribution in [0.5, 0.6) is 0 Å². The number of carbonyl (C=O) groups excluding carboxylic acids is 1. The van der Waals surface area contributed by atoms with Crippen molar-refractivity contribution >= 4 is 5.91 Å². The minimum atomic E-state index is -0.219. The zero-order valence-corrected chi connectivity index (χ0v) is 13.7. The number of amides is 1. The van der Waals surface area contributed by atoms with Crippen LogP contribution >= 0.6 is 0 Å². The molecule has 1 aromatic carbocycles. The molecule has 0 saturated carbocycles. The van der Waals surface area contributed by atoms with Crippen LogP contribution in [0, 0.1) is 0 Å². The number of aromatic amines is 1. The molecule has 0 aliphatic carbocycles. The van der Waals surface area contributed by atoms with Crippen LogP contribution in [0.15, 0.2) is 53.1 Å². The Morgan fingerprint density at radius 2 is 2.00 bits per heavy atom. The van der Waals surface area contributed by atoms with Crippen LogP contribution in [-0.4, -0.2) is 35.1 Å². The van der Waals surface area contributed by atoms with Gasteiger partial charge in [-0.15, -0.1) is 0 Å². The average Bonchev–Trinajstić information content (AvgIpc) is 3.24. The van der Waals surface area contributed by atoms with Gasteiger partial charge in [0, 0.05) is 19.2 Å². The Morgan fingerprint density at radius 1 is 1.21 bits per heavy atom. The van der Waals surface area contributed by atoms with Crippen LogP contribution in [0.3, 0.4) is 0 Å². The predicted octanol–water partition coefficient (Wildman–Crippen LogP) is 2.66. The summed E-state index contributed by atoms with van der Waals surface area (Å²) in [6, 6.07) is 13.4. The number of benzene rings is 1. The fourth-order valence-corrected chi connectivity index (χ4v) is 2.49. The van der Waals surface area contributed by atoms with E-state index in [1.54, 1.807) is 18.4 Å². The highest BCUT2D eigenvalue weighted by Gasteiger charge is 2.13. The molecule has 124 valence electrons. The van der Waals surface area contributed by atoms with Gasteiger partial charge in [0.2, 0.25) is 0 Å². The normalized spacial score (nSPS) is 11.0. The highest BCUT2D eigenvalue weighted by molar-refractivity contribution is 5.93. The summed E-state index contributed by atoms with van der Waals surface area (Å²) in [7, 11) is 4.05. The minimum Gasteiger partial charge on any atom is -0.463 e. The summed E-state index contributed by atoms with van der Waals surface area (Å²) in [6.45, 7) is 1.29. The molecule has 0 fully saturated rings. The van der Waals surface area contributed by atoms with Crippen molar-refractivity contribution < 1.29 is 9.21 Å². The van der Waals surface area contributed by atoms with Crippen molar-refractivity contribution in [2.75, 3.05) is 14.1 Å². The molecular weight excluding hydrogens is 304 g/mol. The van der Waals surface area contributed by atoms with Crippen LogP contribution in [0.1, 0.15) is 21.6 Å². The minimum absolute atomic E-state index is 0.219. The summed E-state index contributed by atoms with van der Waals surface area (Å²) in [5.74, 6) is 0.432. The average molecular weight is 324 g/mol. The Kier molecular flexibility index (Phi) is 4.77. The number of rotatable bonds is 6. The third-order valence-corrected chi connectivity index (χ3v) is 3.64. The number of nitrogens with one attached hydrogen (secondary N) is 2. The summed E-state index contributed by atoms with van der Waals surface area (Å²) in [6.07, 6.45) is 1.58. The molecule has 0 radical (unpaired) electrons. The Balaban J connectivity index is 1.66. The van der Waals surface area contributed by atoms with E-state index in [1.807, 2.05) is 38.4 Å². The van der Waals surface area contributed by atoms with Crippen LogP contribution in [0.2, 0.25) is 0 Å². The Labute approximate surface area is 140 Å². The maximum atomic E-state index is 12.3. The van der Waals surface area contributed by atoms with Crippen molar-refractivity contribution in [2.24, 2.45) is 0 Å². The van der Waals surface area contributed by atoms with Crippen molar-refractivity contribution in [3.63, 3.8) is 0 Å². The van der Waals surface area contributed by atoms with Crippen LogP contribution in [0.25, 0.3) is 11.5 Å². The molecule has 0 bridgehead atoms. The summed E-state index contributed by atoms with van der Waals surface area (Å²) in [5.41, 5.74) is 3.31. The first kappa shape index (κ1) is 16.0. The summed E-state index contributed by atoms with van der Waals surface area (Å²) < 4.78 is 5.29. The number of nitrogens with zero attached hydrogens (tertiary/aromatic N) is 2. The molecule has 0 unspecified atom stereocenters. The second-order valence-electron chi connectivity index (χ2n) is 5.83. The van der Waals surface area contributed by atoms with Gasteiger partial charge in [-0.25, -0.2) is 0 Å². The Hall–Kier alpha value is -2.86. The lowest BCUT2D eigenvalue weighted by Crippen LogP contribution is -2.24. The molecule has 2 aromatic heterocycles. The molecule has 0 atom stereocenters. The van der Waals surface area contributed by atoms with Gasteiger partial charge in [0.15, 0.2) is 11.5 Å². The molecule has 0 spiro atoms. The third kappa shape index (κ3) is 3.72. The van der Waals surface area contributed by atoms with Crippen molar-refractivity contribution in [3.05, 3.63) is 65.5 Å². The zero-order valence-electron chi connectivity index (χ0n) is 13.7. The lowest BCUT2D eigenvalue weighted by Gasteiger charge is -2.14.